The maximum Gasteiger partial charge on any atom is 0.00289 e. The van der Waals surface area contributed by atoms with Crippen LogP contribution in [-0.2, 0) is 0 Å². The molecule has 0 radical (unpaired) electrons. The summed E-state index contributed by atoms with van der Waals surface area (Å²) in [5.74, 6) is 1.97. The second-order valence-electron chi connectivity index (χ2n) is 4.36. The van der Waals surface area contributed by atoms with Crippen molar-refractivity contribution < 1.29 is 0 Å². The van der Waals surface area contributed by atoms with E-state index in [0.29, 0.717) is 5.41 Å². The van der Waals surface area contributed by atoms with Crippen LogP contribution >= 0.6 is 22.6 Å². The van der Waals surface area contributed by atoms with Gasteiger partial charge in [-0.3, -0.25) is 0 Å². The summed E-state index contributed by atoms with van der Waals surface area (Å²) in [5, 5.41) is 0. The van der Waals surface area contributed by atoms with Gasteiger partial charge >= 0.3 is 0 Å². The highest BCUT2D eigenvalue weighted by Gasteiger charge is 2.40. The first kappa shape index (κ1) is 9.82. The van der Waals surface area contributed by atoms with Gasteiger partial charge < -0.3 is 0 Å². The van der Waals surface area contributed by atoms with Gasteiger partial charge in [0.05, 0.1) is 0 Å². The Morgan fingerprint density at radius 2 is 1.82 bits per heavy atom. The second-order valence-corrected chi connectivity index (χ2v) is 5.24. The molecule has 0 saturated heterocycles. The fraction of sp³-hybridized carbons (Fsp3) is 1.00. The third-order valence-electron chi connectivity index (χ3n) is 3.65. The molecule has 1 rings (SSSR count). The van der Waals surface area contributed by atoms with Crippen molar-refractivity contribution in [1.29, 1.82) is 0 Å². The van der Waals surface area contributed by atoms with E-state index in [1.807, 2.05) is 0 Å². The number of hydrogen-bond acceptors (Lipinski definition) is 0. The highest BCUT2D eigenvalue weighted by atomic mass is 127. The van der Waals surface area contributed by atoms with Crippen molar-refractivity contribution in [2.45, 2.75) is 40.0 Å². The molecule has 11 heavy (non-hydrogen) atoms. The number of alkyl halides is 1. The van der Waals surface area contributed by atoms with Crippen LogP contribution < -0.4 is 0 Å². The van der Waals surface area contributed by atoms with E-state index in [-0.39, 0.29) is 0 Å². The molecule has 0 aromatic carbocycles. The summed E-state index contributed by atoms with van der Waals surface area (Å²) in [6, 6.07) is 0. The Labute approximate surface area is 84.3 Å². The zero-order valence-corrected chi connectivity index (χ0v) is 10.0. The van der Waals surface area contributed by atoms with Crippen LogP contribution in [0.1, 0.15) is 40.0 Å². The minimum absolute atomic E-state index is 0.621. The predicted molar refractivity (Wildman–Crippen MR) is 59.2 cm³/mol. The molecule has 1 heteroatoms. The molecule has 0 spiro atoms. The monoisotopic (exact) mass is 266 g/mol. The smallest absolute Gasteiger partial charge is 0.00289 e. The lowest BCUT2D eigenvalue weighted by Gasteiger charge is -2.31. The van der Waals surface area contributed by atoms with Gasteiger partial charge in [0.2, 0.25) is 0 Å². The lowest BCUT2D eigenvalue weighted by atomic mass is 9.75. The lowest BCUT2D eigenvalue weighted by molar-refractivity contribution is 0.198. The summed E-state index contributed by atoms with van der Waals surface area (Å²) in [4.78, 5) is 0. The van der Waals surface area contributed by atoms with Crippen molar-refractivity contribution in [3.05, 3.63) is 0 Å². The molecule has 0 heterocycles. The summed E-state index contributed by atoms with van der Waals surface area (Å²) in [6.07, 6.45) is 4.31. The summed E-state index contributed by atoms with van der Waals surface area (Å²) < 4.78 is 1.35. The molecule has 0 aliphatic heterocycles. The van der Waals surface area contributed by atoms with E-state index < -0.39 is 0 Å². The molecular weight excluding hydrogens is 247 g/mol. The highest BCUT2D eigenvalue weighted by molar-refractivity contribution is 14.1. The third kappa shape index (κ3) is 1.73. The summed E-state index contributed by atoms with van der Waals surface area (Å²) in [5.41, 5.74) is 0.621. The van der Waals surface area contributed by atoms with Crippen LogP contribution in [0.15, 0.2) is 0 Å². The molecule has 0 aromatic heterocycles. The molecule has 1 fully saturated rings. The minimum Gasteiger partial charge on any atom is -0.0861 e. The number of halogens is 1. The van der Waals surface area contributed by atoms with E-state index in [4.69, 9.17) is 0 Å². The topological polar surface area (TPSA) is 0 Å². The van der Waals surface area contributed by atoms with Crippen LogP contribution in [0.4, 0.5) is 0 Å². The first-order chi connectivity index (χ1) is 5.12. The Bertz CT molecular complexity index is 115. The quantitative estimate of drug-likeness (QED) is 0.525. The molecule has 0 N–H and O–H groups in total. The van der Waals surface area contributed by atoms with Crippen LogP contribution in [0.25, 0.3) is 0 Å². The largest absolute Gasteiger partial charge is 0.0861 e. The van der Waals surface area contributed by atoms with Gasteiger partial charge in [0.25, 0.3) is 0 Å². The van der Waals surface area contributed by atoms with E-state index in [0.717, 1.165) is 11.8 Å². The van der Waals surface area contributed by atoms with Crippen LogP contribution in [0, 0.1) is 17.3 Å². The van der Waals surface area contributed by atoms with Crippen LogP contribution in [0.2, 0.25) is 0 Å². The highest BCUT2D eigenvalue weighted by Crippen LogP contribution is 2.49. The second kappa shape index (κ2) is 3.63. The van der Waals surface area contributed by atoms with Gasteiger partial charge in [-0.05, 0) is 30.1 Å². The molecule has 1 saturated carbocycles. The van der Waals surface area contributed by atoms with E-state index in [9.17, 15) is 0 Å². The first-order valence-electron chi connectivity index (χ1n) is 4.68. The predicted octanol–water partition coefficient (Wildman–Crippen LogP) is 3.88. The van der Waals surface area contributed by atoms with Crippen molar-refractivity contribution in [1.82, 2.24) is 0 Å². The third-order valence-corrected chi connectivity index (χ3v) is 4.71. The van der Waals surface area contributed by atoms with Crippen LogP contribution in [-0.4, -0.2) is 4.43 Å². The maximum absolute atomic E-state index is 2.54. The van der Waals surface area contributed by atoms with Crippen molar-refractivity contribution >= 4 is 22.6 Å². The number of hydrogen-bond donors (Lipinski definition) is 0. The fourth-order valence-corrected chi connectivity index (χ4v) is 4.06. The Morgan fingerprint density at radius 3 is 2.09 bits per heavy atom. The molecule has 2 unspecified atom stereocenters. The van der Waals surface area contributed by atoms with Gasteiger partial charge in [0, 0.05) is 4.43 Å². The van der Waals surface area contributed by atoms with Crippen LogP contribution in [0.3, 0.4) is 0 Å². The Morgan fingerprint density at radius 1 is 1.27 bits per heavy atom. The molecular formula is C10H19I. The average molecular weight is 266 g/mol. The van der Waals surface area contributed by atoms with Crippen molar-refractivity contribution in [3.63, 3.8) is 0 Å². The Balaban J connectivity index is 2.64. The number of rotatable bonds is 2. The van der Waals surface area contributed by atoms with Gasteiger partial charge in [0.1, 0.15) is 0 Å². The van der Waals surface area contributed by atoms with Crippen molar-refractivity contribution in [2.75, 3.05) is 4.43 Å². The van der Waals surface area contributed by atoms with Crippen molar-refractivity contribution in [2.24, 2.45) is 17.3 Å². The molecule has 0 amide bonds. The standard InChI is InChI=1S/C10H19I/c1-4-8-5-6-9(7-11)10(8,2)3/h8-9H,4-7H2,1-3H3. The van der Waals surface area contributed by atoms with Gasteiger partial charge in [-0.1, -0.05) is 49.8 Å². The van der Waals surface area contributed by atoms with Gasteiger partial charge in [-0.2, -0.15) is 0 Å². The average Bonchev–Trinajstić information content (AvgIpc) is 2.24. The van der Waals surface area contributed by atoms with Gasteiger partial charge in [-0.15, -0.1) is 0 Å². The first-order valence-corrected chi connectivity index (χ1v) is 6.21. The van der Waals surface area contributed by atoms with E-state index in [2.05, 4.69) is 43.4 Å². The summed E-state index contributed by atoms with van der Waals surface area (Å²) >= 11 is 2.54. The van der Waals surface area contributed by atoms with Gasteiger partial charge in [0.15, 0.2) is 0 Å². The molecule has 2 atom stereocenters. The molecule has 0 nitrogen and oxygen atoms in total. The zero-order chi connectivity index (χ0) is 8.48. The maximum atomic E-state index is 2.54. The molecule has 1 aliphatic rings. The van der Waals surface area contributed by atoms with Crippen molar-refractivity contribution in [3.8, 4) is 0 Å². The van der Waals surface area contributed by atoms with E-state index in [1.165, 1.54) is 23.7 Å². The molecule has 0 aromatic rings. The molecule has 1 aliphatic carbocycles. The zero-order valence-electron chi connectivity index (χ0n) is 7.86. The SMILES string of the molecule is CCC1CCC(CI)C1(C)C. The van der Waals surface area contributed by atoms with Crippen LogP contribution in [0.5, 0.6) is 0 Å². The van der Waals surface area contributed by atoms with E-state index in [1.54, 1.807) is 0 Å². The normalized spacial score (nSPS) is 36.0. The summed E-state index contributed by atoms with van der Waals surface area (Å²) in [7, 11) is 0. The Hall–Kier alpha value is 0.730. The molecule has 0 bridgehead atoms. The fourth-order valence-electron chi connectivity index (χ4n) is 2.49. The lowest BCUT2D eigenvalue weighted by Crippen LogP contribution is -2.25. The van der Waals surface area contributed by atoms with E-state index >= 15 is 0 Å². The minimum atomic E-state index is 0.621. The molecule has 66 valence electrons. The van der Waals surface area contributed by atoms with Gasteiger partial charge in [-0.25, -0.2) is 0 Å². The Kier molecular flexibility index (Phi) is 3.24. The summed E-state index contributed by atoms with van der Waals surface area (Å²) in [6.45, 7) is 7.25.